The van der Waals surface area contributed by atoms with Gasteiger partial charge in [-0.3, -0.25) is 14.4 Å². The van der Waals surface area contributed by atoms with Crippen LogP contribution in [-0.2, 0) is 11.3 Å². The molecule has 2 aliphatic rings. The van der Waals surface area contributed by atoms with E-state index in [1.165, 1.54) is 0 Å². The van der Waals surface area contributed by atoms with Crippen LogP contribution in [0.5, 0.6) is 0 Å². The molecule has 6 nitrogen and oxygen atoms in total. The highest BCUT2D eigenvalue weighted by Crippen LogP contribution is 2.39. The average Bonchev–Trinajstić information content (AvgIpc) is 3.23. The van der Waals surface area contributed by atoms with Gasteiger partial charge in [-0.2, -0.15) is 10.4 Å². The van der Waals surface area contributed by atoms with Gasteiger partial charge in [0.05, 0.1) is 24.9 Å². The number of carbonyl (C=O) groups excluding carboxylic acids is 1. The Labute approximate surface area is 143 Å². The van der Waals surface area contributed by atoms with Crippen LogP contribution in [-0.4, -0.2) is 45.3 Å². The summed E-state index contributed by atoms with van der Waals surface area (Å²) in [6.45, 7) is 8.05. The molecule has 1 aliphatic heterocycles. The third-order valence-corrected chi connectivity index (χ3v) is 5.36. The number of rotatable bonds is 6. The topological polar surface area (TPSA) is 74.0 Å². The maximum absolute atomic E-state index is 12.4. The fourth-order valence-electron chi connectivity index (χ4n) is 3.77. The fraction of sp³-hybridized carbons (Fsp3) is 0.722. The van der Waals surface area contributed by atoms with E-state index in [0.717, 1.165) is 50.2 Å². The van der Waals surface area contributed by atoms with Crippen molar-refractivity contribution < 1.29 is 4.79 Å². The lowest BCUT2D eigenvalue weighted by Crippen LogP contribution is -2.51. The van der Waals surface area contributed by atoms with Gasteiger partial charge in [-0.25, -0.2) is 0 Å². The van der Waals surface area contributed by atoms with Crippen LogP contribution >= 0.6 is 0 Å². The molecule has 1 saturated carbocycles. The summed E-state index contributed by atoms with van der Waals surface area (Å²) in [5.74, 6) is 0.279. The van der Waals surface area contributed by atoms with Crippen LogP contribution in [0.3, 0.4) is 0 Å². The van der Waals surface area contributed by atoms with E-state index in [4.69, 9.17) is 0 Å². The fourth-order valence-corrected chi connectivity index (χ4v) is 3.77. The first-order valence-corrected chi connectivity index (χ1v) is 8.88. The van der Waals surface area contributed by atoms with Gasteiger partial charge in [0.15, 0.2) is 0 Å². The first-order chi connectivity index (χ1) is 11.4. The Morgan fingerprint density at radius 2 is 2.21 bits per heavy atom. The number of aryl methyl sites for hydroxylation is 2. The maximum Gasteiger partial charge on any atom is 0.235 e. The van der Waals surface area contributed by atoms with Crippen molar-refractivity contribution in [2.75, 3.05) is 13.1 Å². The molecule has 1 N–H and O–H groups in total. The minimum atomic E-state index is -0.706. The van der Waals surface area contributed by atoms with Crippen LogP contribution in [0.15, 0.2) is 6.07 Å². The van der Waals surface area contributed by atoms with E-state index in [9.17, 15) is 10.1 Å². The Hall–Kier alpha value is -1.87. The second-order valence-electron chi connectivity index (χ2n) is 7.51. The van der Waals surface area contributed by atoms with Crippen molar-refractivity contribution in [2.24, 2.45) is 5.92 Å². The third kappa shape index (κ3) is 3.62. The Morgan fingerprint density at radius 1 is 1.46 bits per heavy atom. The first-order valence-electron chi connectivity index (χ1n) is 8.88. The molecule has 2 atom stereocenters. The molecule has 1 aliphatic carbocycles. The SMILES string of the molecule is Cc1cc(C)n(C[C@H]2CCCN2CC(=O)N[C@](C)(C#N)C2CC2)n1. The monoisotopic (exact) mass is 329 g/mol. The van der Waals surface area contributed by atoms with Crippen molar-refractivity contribution in [3.63, 3.8) is 0 Å². The number of nitrogens with zero attached hydrogens (tertiary/aromatic N) is 4. The molecule has 1 amide bonds. The van der Waals surface area contributed by atoms with Crippen molar-refractivity contribution in [3.05, 3.63) is 17.5 Å². The van der Waals surface area contributed by atoms with Gasteiger partial charge >= 0.3 is 0 Å². The highest BCUT2D eigenvalue weighted by molar-refractivity contribution is 5.79. The molecular formula is C18H27N5O. The van der Waals surface area contributed by atoms with Gasteiger partial charge in [-0.1, -0.05) is 0 Å². The predicted octanol–water partition coefficient (Wildman–Crippen LogP) is 1.77. The summed E-state index contributed by atoms with van der Waals surface area (Å²) >= 11 is 0. The molecule has 0 aromatic carbocycles. The number of likely N-dealkylation sites (tertiary alicyclic amines) is 1. The Bertz CT molecular complexity index is 657. The predicted molar refractivity (Wildman–Crippen MR) is 91.2 cm³/mol. The lowest BCUT2D eigenvalue weighted by molar-refractivity contribution is -0.124. The number of nitriles is 1. The molecular weight excluding hydrogens is 302 g/mol. The Balaban J connectivity index is 1.58. The lowest BCUT2D eigenvalue weighted by Gasteiger charge is -2.27. The molecule has 130 valence electrons. The zero-order valence-electron chi connectivity index (χ0n) is 14.9. The van der Waals surface area contributed by atoms with E-state index in [1.54, 1.807) is 0 Å². The quantitative estimate of drug-likeness (QED) is 0.863. The second kappa shape index (κ2) is 6.56. The van der Waals surface area contributed by atoms with Crippen molar-refractivity contribution in [3.8, 4) is 6.07 Å². The molecule has 2 fully saturated rings. The zero-order chi connectivity index (χ0) is 17.3. The highest BCUT2D eigenvalue weighted by atomic mass is 16.2. The molecule has 2 heterocycles. The molecule has 6 heteroatoms. The number of hydrogen-bond acceptors (Lipinski definition) is 4. The molecule has 0 bridgehead atoms. The minimum Gasteiger partial charge on any atom is -0.337 e. The number of carbonyl (C=O) groups is 1. The second-order valence-corrected chi connectivity index (χ2v) is 7.51. The average molecular weight is 329 g/mol. The number of nitrogens with one attached hydrogen (secondary N) is 1. The van der Waals surface area contributed by atoms with Crippen molar-refractivity contribution in [2.45, 2.75) is 64.6 Å². The molecule has 3 rings (SSSR count). The van der Waals surface area contributed by atoms with Gasteiger partial charge in [-0.15, -0.1) is 0 Å². The summed E-state index contributed by atoms with van der Waals surface area (Å²) in [5, 5.41) is 16.9. The van der Waals surface area contributed by atoms with E-state index in [1.807, 2.05) is 18.5 Å². The molecule has 24 heavy (non-hydrogen) atoms. The van der Waals surface area contributed by atoms with Crippen LogP contribution in [0.1, 0.15) is 44.0 Å². The van der Waals surface area contributed by atoms with Gasteiger partial charge in [0, 0.05) is 11.7 Å². The van der Waals surface area contributed by atoms with E-state index in [2.05, 4.69) is 34.4 Å². The van der Waals surface area contributed by atoms with E-state index >= 15 is 0 Å². The van der Waals surface area contributed by atoms with Crippen LogP contribution < -0.4 is 5.32 Å². The minimum absolute atomic E-state index is 0.0359. The lowest BCUT2D eigenvalue weighted by atomic mass is 9.98. The van der Waals surface area contributed by atoms with E-state index < -0.39 is 5.54 Å². The first kappa shape index (κ1) is 17.0. The molecule has 0 radical (unpaired) electrons. The normalized spacial score (nSPS) is 23.7. The largest absolute Gasteiger partial charge is 0.337 e. The van der Waals surface area contributed by atoms with Gasteiger partial charge < -0.3 is 5.32 Å². The molecule has 1 saturated heterocycles. The van der Waals surface area contributed by atoms with E-state index in [-0.39, 0.29) is 5.91 Å². The number of amides is 1. The number of hydrogen-bond donors (Lipinski definition) is 1. The summed E-state index contributed by atoms with van der Waals surface area (Å²) in [6, 6.07) is 4.71. The maximum atomic E-state index is 12.4. The summed E-state index contributed by atoms with van der Waals surface area (Å²) in [5.41, 5.74) is 1.49. The summed E-state index contributed by atoms with van der Waals surface area (Å²) in [4.78, 5) is 14.7. The van der Waals surface area contributed by atoms with Crippen LogP contribution in [0.25, 0.3) is 0 Å². The smallest absolute Gasteiger partial charge is 0.235 e. The summed E-state index contributed by atoms with van der Waals surface area (Å²) in [7, 11) is 0. The molecule has 0 unspecified atom stereocenters. The molecule has 0 spiro atoms. The Morgan fingerprint density at radius 3 is 2.79 bits per heavy atom. The standard InChI is InChI=1S/C18H27N5O/c1-13-9-14(2)23(21-13)10-16-5-4-8-22(16)11-17(24)20-18(3,12-19)15-6-7-15/h9,15-16H,4-8,10-11H2,1-3H3,(H,20,24)/t16-,18-/m1/s1. The van der Waals surface area contributed by atoms with Gasteiger partial charge in [0.25, 0.3) is 0 Å². The molecule has 1 aromatic heterocycles. The van der Waals surface area contributed by atoms with Gasteiger partial charge in [0.2, 0.25) is 5.91 Å². The van der Waals surface area contributed by atoms with Gasteiger partial charge in [0.1, 0.15) is 5.54 Å². The van der Waals surface area contributed by atoms with Crippen molar-refractivity contribution in [1.29, 1.82) is 5.26 Å². The summed E-state index contributed by atoms with van der Waals surface area (Å²) in [6.07, 6.45) is 4.27. The van der Waals surface area contributed by atoms with Crippen LogP contribution in [0.2, 0.25) is 0 Å². The molecule has 1 aromatic rings. The van der Waals surface area contributed by atoms with E-state index in [0.29, 0.717) is 18.5 Å². The van der Waals surface area contributed by atoms with Crippen molar-refractivity contribution in [1.82, 2.24) is 20.0 Å². The van der Waals surface area contributed by atoms with Crippen LogP contribution in [0, 0.1) is 31.1 Å². The zero-order valence-corrected chi connectivity index (χ0v) is 14.9. The van der Waals surface area contributed by atoms with Crippen LogP contribution in [0.4, 0.5) is 0 Å². The Kier molecular flexibility index (Phi) is 4.64. The van der Waals surface area contributed by atoms with Crippen molar-refractivity contribution >= 4 is 5.91 Å². The highest BCUT2D eigenvalue weighted by Gasteiger charge is 2.43. The number of aromatic nitrogens is 2. The van der Waals surface area contributed by atoms with Gasteiger partial charge in [-0.05, 0) is 65.0 Å². The summed E-state index contributed by atoms with van der Waals surface area (Å²) < 4.78 is 2.04. The third-order valence-electron chi connectivity index (χ3n) is 5.36.